The number of aliphatic carboxylic acids is 2. The van der Waals surface area contributed by atoms with Gasteiger partial charge in [0.25, 0.3) is 0 Å². The van der Waals surface area contributed by atoms with E-state index in [2.05, 4.69) is 33.1 Å². The lowest BCUT2D eigenvalue weighted by molar-refractivity contribution is -0.141. The van der Waals surface area contributed by atoms with Gasteiger partial charge in [-0.15, -0.1) is 0 Å². The first-order valence-electron chi connectivity index (χ1n) is 28.8. The SMILES string of the molecule is CNC(C(=O)N[C@H](C(=O)N(C)[C@H](/C=C(\C)C(=O)O)C(C)C)C(C)(C)C)C(C)(C)c1cccc(CNC(=O)OCc2ccc(CC(=O)[C@H](CCC(=O)O)NC(=O)[C@@H](CC(=O)CCC(=O)N3Cc4ccccc4C#Cc4ccccc43)C(C)C)cc2)c1. The number of carboxylic acids is 2. The van der Waals surface area contributed by atoms with Gasteiger partial charge in [0.1, 0.15) is 18.4 Å². The van der Waals surface area contributed by atoms with Gasteiger partial charge in [0.15, 0.2) is 5.78 Å². The van der Waals surface area contributed by atoms with Crippen molar-refractivity contribution in [1.82, 2.24) is 26.2 Å². The summed E-state index contributed by atoms with van der Waals surface area (Å²) in [5.74, 6) is 0.470. The number of carboxylic acid groups (broad SMARTS) is 2. The Morgan fingerprint density at radius 1 is 0.729 bits per heavy atom. The Labute approximate surface area is 499 Å². The molecule has 0 aliphatic carbocycles. The smallest absolute Gasteiger partial charge is 0.407 e. The molecule has 5 amide bonds. The molecule has 1 unspecified atom stereocenters. The molecule has 5 rings (SSSR count). The van der Waals surface area contributed by atoms with E-state index in [4.69, 9.17) is 4.74 Å². The van der Waals surface area contributed by atoms with Crippen LogP contribution in [0.25, 0.3) is 0 Å². The molecule has 18 heteroatoms. The third-order valence-corrected chi connectivity index (χ3v) is 15.5. The molecule has 6 N–H and O–H groups in total. The fourth-order valence-electron chi connectivity index (χ4n) is 10.3. The molecule has 0 radical (unpaired) electrons. The predicted molar refractivity (Wildman–Crippen MR) is 325 cm³/mol. The number of nitrogens with zero attached hydrogens (tertiary/aromatic N) is 2. The molecule has 4 aromatic rings. The molecule has 1 aliphatic heterocycles. The monoisotopic (exact) mass is 1160 g/mol. The van der Waals surface area contributed by atoms with Crippen LogP contribution < -0.4 is 26.2 Å². The van der Waals surface area contributed by atoms with Crippen molar-refractivity contribution in [2.24, 2.45) is 23.2 Å². The van der Waals surface area contributed by atoms with Gasteiger partial charge in [0.05, 0.1) is 30.4 Å². The highest BCUT2D eigenvalue weighted by molar-refractivity contribution is 5.98. The van der Waals surface area contributed by atoms with Gasteiger partial charge in [-0.1, -0.05) is 159 Å². The van der Waals surface area contributed by atoms with E-state index in [0.29, 0.717) is 22.4 Å². The fraction of sp³-hybridized carbons (Fsp3) is 0.448. The van der Waals surface area contributed by atoms with Crippen LogP contribution in [0, 0.1) is 35.0 Å². The number of ether oxygens (including phenoxy) is 1. The molecule has 0 aromatic heterocycles. The highest BCUT2D eigenvalue weighted by Gasteiger charge is 2.42. The van der Waals surface area contributed by atoms with Gasteiger partial charge >= 0.3 is 18.0 Å². The zero-order valence-corrected chi connectivity index (χ0v) is 51.1. The van der Waals surface area contributed by atoms with E-state index in [-0.39, 0.29) is 86.8 Å². The number of carbonyl (C=O) groups excluding carboxylic acids is 7. The summed E-state index contributed by atoms with van der Waals surface area (Å²) in [7, 11) is 3.27. The van der Waals surface area contributed by atoms with Gasteiger partial charge in [-0.05, 0) is 83.7 Å². The van der Waals surface area contributed by atoms with Crippen LogP contribution in [0.15, 0.2) is 109 Å². The quantitative estimate of drug-likeness (QED) is 0.0231. The number of rotatable bonds is 28. The number of alkyl carbamates (subject to hydrolysis) is 1. The van der Waals surface area contributed by atoms with Crippen LogP contribution in [-0.4, -0.2) is 107 Å². The van der Waals surface area contributed by atoms with Gasteiger partial charge in [-0.2, -0.15) is 0 Å². The maximum atomic E-state index is 14.2. The molecule has 4 aromatic carbocycles. The number of nitrogens with one attached hydrogen (secondary N) is 4. The summed E-state index contributed by atoms with van der Waals surface area (Å²) in [6.07, 6.45) is -0.256. The number of anilines is 1. The van der Waals surface area contributed by atoms with Crippen molar-refractivity contribution < 1.29 is 58.1 Å². The molecule has 0 fully saturated rings. The lowest BCUT2D eigenvalue weighted by atomic mass is 9.76. The summed E-state index contributed by atoms with van der Waals surface area (Å²) in [4.78, 5) is 123. The number of hydrogen-bond acceptors (Lipinski definition) is 11. The van der Waals surface area contributed by atoms with E-state index in [1.165, 1.54) is 11.8 Å². The number of benzene rings is 4. The van der Waals surface area contributed by atoms with Crippen molar-refractivity contribution in [3.8, 4) is 11.8 Å². The molecule has 0 saturated heterocycles. The highest BCUT2D eigenvalue weighted by Crippen LogP contribution is 2.31. The maximum absolute atomic E-state index is 14.2. The summed E-state index contributed by atoms with van der Waals surface area (Å²) in [6.45, 7) is 18.4. The zero-order chi connectivity index (χ0) is 62.9. The average molecular weight is 1170 g/mol. The molecule has 454 valence electrons. The number of likely N-dealkylation sites (N-methyl/N-ethyl adjacent to an activating group) is 2. The third kappa shape index (κ3) is 19.0. The maximum Gasteiger partial charge on any atom is 0.407 e. The number of amides is 5. The average Bonchev–Trinajstić information content (AvgIpc) is 3.43. The molecule has 0 bridgehead atoms. The lowest BCUT2D eigenvalue weighted by Gasteiger charge is -2.40. The Morgan fingerprint density at radius 3 is 1.99 bits per heavy atom. The number of ketones is 2. The Kier molecular flexibility index (Phi) is 24.1. The summed E-state index contributed by atoms with van der Waals surface area (Å²) in [6, 6.07) is 25.6. The topological polar surface area (TPSA) is 258 Å². The number of Topliss-reactive ketones (excluding diaryl/α,β-unsaturated/α-hetero) is 2. The minimum Gasteiger partial charge on any atom is -0.481 e. The second kappa shape index (κ2) is 30.4. The van der Waals surface area contributed by atoms with Gasteiger partial charge < -0.3 is 46.0 Å². The van der Waals surface area contributed by atoms with Crippen LogP contribution in [0.3, 0.4) is 0 Å². The summed E-state index contributed by atoms with van der Waals surface area (Å²) < 4.78 is 5.52. The molecular weight excluding hydrogens is 1080 g/mol. The van der Waals surface area contributed by atoms with E-state index in [0.717, 1.165) is 22.3 Å². The Morgan fingerprint density at radius 2 is 1.36 bits per heavy atom. The van der Waals surface area contributed by atoms with Gasteiger partial charge in [-0.3, -0.25) is 33.6 Å². The molecule has 1 aliphatic rings. The van der Waals surface area contributed by atoms with Gasteiger partial charge in [0.2, 0.25) is 23.6 Å². The van der Waals surface area contributed by atoms with Gasteiger partial charge in [-0.25, -0.2) is 9.59 Å². The first-order valence-corrected chi connectivity index (χ1v) is 28.8. The van der Waals surface area contributed by atoms with E-state index < -0.39 is 83.0 Å². The van der Waals surface area contributed by atoms with Crippen LogP contribution in [0.1, 0.15) is 140 Å². The predicted octanol–water partition coefficient (Wildman–Crippen LogP) is 8.44. The first-order chi connectivity index (χ1) is 40.0. The fourth-order valence-corrected chi connectivity index (χ4v) is 10.3. The van der Waals surface area contributed by atoms with E-state index >= 15 is 0 Å². The summed E-state index contributed by atoms with van der Waals surface area (Å²) >= 11 is 0. The van der Waals surface area contributed by atoms with Crippen molar-refractivity contribution in [1.29, 1.82) is 0 Å². The molecule has 0 saturated carbocycles. The molecule has 18 nitrogen and oxygen atoms in total. The number of hydrogen-bond donors (Lipinski definition) is 6. The number of para-hydroxylation sites is 1. The Hall–Kier alpha value is -8.43. The minimum atomic E-state index is -1.16. The van der Waals surface area contributed by atoms with Crippen molar-refractivity contribution in [2.75, 3.05) is 19.0 Å². The number of fused-ring (bicyclic) bond motifs is 2. The van der Waals surface area contributed by atoms with Crippen LogP contribution in [0.5, 0.6) is 0 Å². The second-order valence-corrected chi connectivity index (χ2v) is 24.2. The molecule has 5 atom stereocenters. The van der Waals surface area contributed by atoms with Gasteiger partial charge in [0, 0.05) is 73.7 Å². The Balaban J connectivity index is 1.14. The van der Waals surface area contributed by atoms with E-state index in [1.807, 2.05) is 121 Å². The van der Waals surface area contributed by atoms with Crippen LogP contribution >= 0.6 is 0 Å². The lowest BCUT2D eigenvalue weighted by Crippen LogP contribution is -2.61. The van der Waals surface area contributed by atoms with Crippen LogP contribution in [-0.2, 0) is 74.6 Å². The van der Waals surface area contributed by atoms with E-state index in [1.54, 1.807) is 63.2 Å². The molecule has 0 spiro atoms. The molecular formula is C67H84N6O12. The zero-order valence-electron chi connectivity index (χ0n) is 51.1. The standard InChI is InChI=1S/C67H84N6O12/c1-41(2)52(37-51(74)30-32-57(76)73-39-49-21-14-13-19-47(49)28-29-48-20-15-16-23-54(48)73)61(79)70-53(31-33-58(77)78)56(75)36-44-24-26-45(27-25-44)40-85-65(84)69-38-46-18-17-22-50(35-46)67(9,10)59(68-11)62(80)71-60(66(6,7)8)63(81)72(12)55(42(3)4)34-43(5)64(82)83/h13-27,34-35,41-42,52-53,55,59-60,68H,30-33,36-40H2,1-12H3,(H,69,84)(H,70,79)(H,71,80)(H,77,78)(H,82,83)/b43-34+/t52-,53-,55+,59?,60+/m0/s1. The molecule has 85 heavy (non-hydrogen) atoms. The first kappa shape index (κ1) is 67.4. The summed E-state index contributed by atoms with van der Waals surface area (Å²) in [5.41, 5.74) is 4.25. The third-order valence-electron chi connectivity index (χ3n) is 15.5. The van der Waals surface area contributed by atoms with Crippen molar-refractivity contribution in [3.63, 3.8) is 0 Å². The van der Waals surface area contributed by atoms with Crippen LogP contribution in [0.4, 0.5) is 10.5 Å². The highest BCUT2D eigenvalue weighted by atomic mass is 16.5. The van der Waals surface area contributed by atoms with E-state index in [9.17, 15) is 53.4 Å². The van der Waals surface area contributed by atoms with Crippen molar-refractivity contribution in [2.45, 2.75) is 157 Å². The normalized spacial score (nSPS) is 14.1. The minimum absolute atomic E-state index is 0.0935. The summed E-state index contributed by atoms with van der Waals surface area (Å²) in [5, 5.41) is 30.7. The molecule has 1 heterocycles. The largest absolute Gasteiger partial charge is 0.481 e. The van der Waals surface area contributed by atoms with Crippen molar-refractivity contribution in [3.05, 3.63) is 148 Å². The Bertz CT molecular complexity index is 3180. The van der Waals surface area contributed by atoms with Crippen molar-refractivity contribution >= 4 is 58.9 Å². The number of carbonyl (C=O) groups is 9. The second-order valence-electron chi connectivity index (χ2n) is 24.2. The van der Waals surface area contributed by atoms with Crippen LogP contribution in [0.2, 0.25) is 0 Å².